The number of hydrogen-bond donors (Lipinski definition) is 1. The van der Waals surface area contributed by atoms with Crippen molar-refractivity contribution in [3.8, 4) is 0 Å². The van der Waals surface area contributed by atoms with E-state index in [9.17, 15) is 0 Å². The van der Waals surface area contributed by atoms with Crippen LogP contribution in [0.1, 0.15) is 19.5 Å². The summed E-state index contributed by atoms with van der Waals surface area (Å²) in [6.45, 7) is 6.14. The molecule has 0 spiro atoms. The Bertz CT molecular complexity index is 349. The maximum Gasteiger partial charge on any atom is 0.163 e. The van der Waals surface area contributed by atoms with Crippen molar-refractivity contribution in [2.45, 2.75) is 32.3 Å². The molecule has 0 radical (unpaired) electrons. The molecule has 1 aliphatic rings. The first-order valence-corrected chi connectivity index (χ1v) is 5.56. The lowest BCUT2D eigenvalue weighted by molar-refractivity contribution is -0.137. The maximum absolute atomic E-state index is 5.69. The molecule has 0 aromatic carbocycles. The zero-order valence-corrected chi connectivity index (χ0v) is 10.1. The number of aromatic nitrogens is 2. The Morgan fingerprint density at radius 1 is 1.62 bits per heavy atom. The Balaban J connectivity index is 1.71. The molecule has 2 rings (SSSR count). The number of nitrogens with one attached hydrogen (secondary N) is 1. The Hall–Kier alpha value is -0.910. The van der Waals surface area contributed by atoms with Crippen LogP contribution >= 0.6 is 0 Å². The second-order valence-corrected chi connectivity index (χ2v) is 4.53. The largest absolute Gasteiger partial charge is 0.348 e. The minimum atomic E-state index is -0.432. The number of hydrogen-bond acceptors (Lipinski definition) is 4. The lowest BCUT2D eigenvalue weighted by Gasteiger charge is -2.17. The highest BCUT2D eigenvalue weighted by atomic mass is 16.7. The smallest absolute Gasteiger partial charge is 0.163 e. The van der Waals surface area contributed by atoms with E-state index < -0.39 is 5.79 Å². The van der Waals surface area contributed by atoms with Crippen LogP contribution in [0.25, 0.3) is 0 Å². The number of rotatable bonds is 4. The molecule has 1 N–H and O–H groups in total. The lowest BCUT2D eigenvalue weighted by atomic mass is 10.3. The van der Waals surface area contributed by atoms with Crippen molar-refractivity contribution in [1.82, 2.24) is 15.1 Å². The first-order chi connectivity index (χ1) is 7.57. The average molecular weight is 225 g/mol. The fourth-order valence-electron chi connectivity index (χ4n) is 1.80. The standard InChI is InChI=1S/C11H19N3O2/c1-11(2)15-8-10(16-11)7-12-6-9-4-5-13-14(9)3/h4-5,10,12H,6-8H2,1-3H3. The van der Waals surface area contributed by atoms with E-state index in [1.807, 2.05) is 31.6 Å². The van der Waals surface area contributed by atoms with Crippen LogP contribution in [0.4, 0.5) is 0 Å². The number of ether oxygens (including phenoxy) is 2. The third-order valence-corrected chi connectivity index (χ3v) is 2.67. The first-order valence-electron chi connectivity index (χ1n) is 5.56. The van der Waals surface area contributed by atoms with Crippen molar-refractivity contribution in [1.29, 1.82) is 0 Å². The van der Waals surface area contributed by atoms with Gasteiger partial charge < -0.3 is 14.8 Å². The Labute approximate surface area is 95.7 Å². The Morgan fingerprint density at radius 3 is 3.00 bits per heavy atom. The fraction of sp³-hybridized carbons (Fsp3) is 0.727. The summed E-state index contributed by atoms with van der Waals surface area (Å²) in [5, 5.41) is 7.45. The maximum atomic E-state index is 5.69. The first kappa shape index (κ1) is 11.6. The molecule has 0 amide bonds. The minimum Gasteiger partial charge on any atom is -0.348 e. The molecule has 1 unspecified atom stereocenters. The predicted octanol–water partition coefficient (Wildman–Crippen LogP) is 0.661. The van der Waals surface area contributed by atoms with Gasteiger partial charge >= 0.3 is 0 Å². The van der Waals surface area contributed by atoms with Crippen LogP contribution in [0, 0.1) is 0 Å². The van der Waals surface area contributed by atoms with Gasteiger partial charge in [-0.05, 0) is 19.9 Å². The van der Waals surface area contributed by atoms with E-state index >= 15 is 0 Å². The van der Waals surface area contributed by atoms with Gasteiger partial charge in [0.2, 0.25) is 0 Å². The van der Waals surface area contributed by atoms with E-state index in [4.69, 9.17) is 9.47 Å². The van der Waals surface area contributed by atoms with Gasteiger partial charge in [0, 0.05) is 26.3 Å². The van der Waals surface area contributed by atoms with E-state index in [0.717, 1.165) is 18.8 Å². The molecular weight excluding hydrogens is 206 g/mol. The van der Waals surface area contributed by atoms with Crippen molar-refractivity contribution >= 4 is 0 Å². The summed E-state index contributed by atoms with van der Waals surface area (Å²) in [6, 6.07) is 2.00. The van der Waals surface area contributed by atoms with Crippen molar-refractivity contribution in [3.63, 3.8) is 0 Å². The molecule has 5 heteroatoms. The second-order valence-electron chi connectivity index (χ2n) is 4.53. The van der Waals surface area contributed by atoms with Gasteiger partial charge in [-0.1, -0.05) is 0 Å². The van der Waals surface area contributed by atoms with E-state index in [2.05, 4.69) is 10.4 Å². The highest BCUT2D eigenvalue weighted by Crippen LogP contribution is 2.21. The van der Waals surface area contributed by atoms with Gasteiger partial charge in [0.05, 0.1) is 18.4 Å². The van der Waals surface area contributed by atoms with E-state index in [1.54, 1.807) is 6.20 Å². The summed E-state index contributed by atoms with van der Waals surface area (Å²) in [6.07, 6.45) is 1.94. The number of aryl methyl sites for hydroxylation is 1. The van der Waals surface area contributed by atoms with Gasteiger partial charge in [0.15, 0.2) is 5.79 Å². The highest BCUT2D eigenvalue weighted by molar-refractivity contribution is 4.99. The molecule has 1 saturated heterocycles. The quantitative estimate of drug-likeness (QED) is 0.818. The van der Waals surface area contributed by atoms with Crippen LogP contribution in [-0.2, 0) is 23.1 Å². The molecule has 1 aromatic rings. The summed E-state index contributed by atoms with van der Waals surface area (Å²) < 4.78 is 13.0. The van der Waals surface area contributed by atoms with Crippen LogP contribution in [0.15, 0.2) is 12.3 Å². The van der Waals surface area contributed by atoms with Crippen molar-refractivity contribution in [2.24, 2.45) is 7.05 Å². The topological polar surface area (TPSA) is 48.3 Å². The molecule has 0 aliphatic carbocycles. The van der Waals surface area contributed by atoms with E-state index in [-0.39, 0.29) is 6.10 Å². The van der Waals surface area contributed by atoms with Gasteiger partial charge in [-0.25, -0.2) is 0 Å². The summed E-state index contributed by atoms with van der Waals surface area (Å²) >= 11 is 0. The lowest BCUT2D eigenvalue weighted by Crippen LogP contribution is -2.30. The van der Waals surface area contributed by atoms with Crippen molar-refractivity contribution in [3.05, 3.63) is 18.0 Å². The second kappa shape index (κ2) is 4.53. The van der Waals surface area contributed by atoms with Gasteiger partial charge in [-0.2, -0.15) is 5.10 Å². The summed E-state index contributed by atoms with van der Waals surface area (Å²) in [5.74, 6) is -0.432. The molecule has 90 valence electrons. The molecule has 0 bridgehead atoms. The number of nitrogens with zero attached hydrogens (tertiary/aromatic N) is 2. The van der Waals surface area contributed by atoms with Crippen LogP contribution in [0.5, 0.6) is 0 Å². The third kappa shape index (κ3) is 2.81. The summed E-state index contributed by atoms with van der Waals surface area (Å²) in [5.41, 5.74) is 1.16. The highest BCUT2D eigenvalue weighted by Gasteiger charge is 2.32. The molecule has 0 saturated carbocycles. The van der Waals surface area contributed by atoms with Crippen LogP contribution < -0.4 is 5.32 Å². The van der Waals surface area contributed by atoms with Crippen molar-refractivity contribution in [2.75, 3.05) is 13.2 Å². The normalized spacial score (nSPS) is 23.8. The van der Waals surface area contributed by atoms with Crippen molar-refractivity contribution < 1.29 is 9.47 Å². The molecule has 1 aromatic heterocycles. The van der Waals surface area contributed by atoms with Crippen LogP contribution in [-0.4, -0.2) is 34.8 Å². The zero-order valence-electron chi connectivity index (χ0n) is 10.1. The monoisotopic (exact) mass is 225 g/mol. The molecule has 1 aliphatic heterocycles. The summed E-state index contributed by atoms with van der Waals surface area (Å²) in [7, 11) is 1.94. The SMILES string of the molecule is Cn1nccc1CNCC1COC(C)(C)O1. The molecule has 1 atom stereocenters. The minimum absolute atomic E-state index is 0.142. The van der Waals surface area contributed by atoms with Gasteiger partial charge in [0.25, 0.3) is 0 Å². The molecule has 16 heavy (non-hydrogen) atoms. The third-order valence-electron chi connectivity index (χ3n) is 2.67. The van der Waals surface area contributed by atoms with E-state index in [1.165, 1.54) is 0 Å². The Morgan fingerprint density at radius 2 is 2.44 bits per heavy atom. The molecule has 5 nitrogen and oxygen atoms in total. The van der Waals surface area contributed by atoms with E-state index in [0.29, 0.717) is 6.61 Å². The van der Waals surface area contributed by atoms with Crippen LogP contribution in [0.3, 0.4) is 0 Å². The molecular formula is C11H19N3O2. The van der Waals surface area contributed by atoms with Gasteiger partial charge in [0.1, 0.15) is 0 Å². The fourth-order valence-corrected chi connectivity index (χ4v) is 1.80. The zero-order chi connectivity index (χ0) is 11.6. The molecule has 1 fully saturated rings. The summed E-state index contributed by atoms with van der Waals surface area (Å²) in [4.78, 5) is 0. The van der Waals surface area contributed by atoms with Gasteiger partial charge in [-0.15, -0.1) is 0 Å². The predicted molar refractivity (Wildman–Crippen MR) is 59.8 cm³/mol. The van der Waals surface area contributed by atoms with Gasteiger partial charge in [-0.3, -0.25) is 4.68 Å². The molecule has 2 heterocycles. The average Bonchev–Trinajstić information content (AvgIpc) is 2.74. The van der Waals surface area contributed by atoms with Crippen LogP contribution in [0.2, 0.25) is 0 Å². The Kier molecular flexibility index (Phi) is 3.28.